The van der Waals surface area contributed by atoms with E-state index in [4.69, 9.17) is 40.0 Å². The molecule has 330 valence electrons. The summed E-state index contributed by atoms with van der Waals surface area (Å²) in [6, 6.07) is 17.6. The van der Waals surface area contributed by atoms with Crippen molar-refractivity contribution in [1.29, 1.82) is 0 Å². The average Bonchev–Trinajstić information content (AvgIpc) is 4.07. The lowest BCUT2D eigenvalue weighted by Gasteiger charge is -2.40. The molecule has 2 aliphatic carbocycles. The van der Waals surface area contributed by atoms with Crippen LogP contribution in [0, 0.1) is 23.7 Å². The molecule has 2 saturated carbocycles. The fourth-order valence-corrected chi connectivity index (χ4v) is 10.4. The highest BCUT2D eigenvalue weighted by molar-refractivity contribution is 6.27. The fraction of sp³-hybridized carbons (Fsp3) is 0.542. The van der Waals surface area contributed by atoms with Crippen LogP contribution in [0.15, 0.2) is 60.9 Å². The van der Waals surface area contributed by atoms with Crippen molar-refractivity contribution >= 4 is 33.7 Å². The van der Waals surface area contributed by atoms with Crippen LogP contribution in [0.1, 0.15) is 127 Å². The second kappa shape index (κ2) is 19.4. The Balaban J connectivity index is 0.000000151. The number of H-pyrrole nitrogens is 2. The molecule has 62 heavy (non-hydrogen) atoms. The molecule has 0 bridgehead atoms. The number of aliphatic carboxylic acids is 2. The first kappa shape index (κ1) is 43.3. The second-order valence-electron chi connectivity index (χ2n) is 18.4. The van der Waals surface area contributed by atoms with Crippen LogP contribution in [0.5, 0.6) is 0 Å². The Labute approximate surface area is 363 Å². The number of nitrogens with one attached hydrogen (secondary N) is 4. The van der Waals surface area contributed by atoms with Crippen LogP contribution in [0.25, 0.3) is 44.8 Å². The van der Waals surface area contributed by atoms with Crippen LogP contribution in [0.2, 0.25) is 0 Å². The molecule has 4 aromatic heterocycles. The Hall–Kier alpha value is -5.34. The summed E-state index contributed by atoms with van der Waals surface area (Å²) < 4.78 is 4.23. The highest BCUT2D eigenvalue weighted by Crippen LogP contribution is 2.47. The molecule has 0 radical (unpaired) electrons. The zero-order valence-electron chi connectivity index (χ0n) is 36.7. The molecule has 4 fully saturated rings. The summed E-state index contributed by atoms with van der Waals surface area (Å²) in [6.45, 7) is 13.3. The molecule has 4 aliphatic rings. The quantitative estimate of drug-likeness (QED) is 0.0726. The van der Waals surface area contributed by atoms with E-state index in [0.29, 0.717) is 23.9 Å². The van der Waals surface area contributed by atoms with Gasteiger partial charge in [-0.25, -0.2) is 19.6 Å². The van der Waals surface area contributed by atoms with Crippen LogP contribution in [0.3, 0.4) is 0 Å². The van der Waals surface area contributed by atoms with Gasteiger partial charge in [-0.15, -0.1) is 0 Å². The van der Waals surface area contributed by atoms with Gasteiger partial charge in [0.2, 0.25) is 0 Å². The number of hydrogen-bond acceptors (Lipinski definition) is 8. The molecule has 14 heteroatoms. The summed E-state index contributed by atoms with van der Waals surface area (Å²) in [6.07, 6.45) is 17.6. The molecule has 2 aliphatic heterocycles. The summed E-state index contributed by atoms with van der Waals surface area (Å²) in [4.78, 5) is 35.3. The third-order valence-electron chi connectivity index (χ3n) is 13.8. The zero-order chi connectivity index (χ0) is 43.3. The summed E-state index contributed by atoms with van der Waals surface area (Å²) in [7, 11) is 0. The second-order valence-corrected chi connectivity index (χ2v) is 18.4. The number of rotatable bonds is 10. The first-order chi connectivity index (χ1) is 30.1. The van der Waals surface area contributed by atoms with Crippen molar-refractivity contribution in [1.82, 2.24) is 50.1 Å². The Morgan fingerprint density at radius 1 is 0.565 bits per heavy atom. The minimum absolute atomic E-state index is 0.325. The molecular formula is C48H64N10O4. The van der Waals surface area contributed by atoms with Crippen LogP contribution in [-0.4, -0.2) is 87.8 Å². The van der Waals surface area contributed by atoms with Gasteiger partial charge in [-0.1, -0.05) is 49.2 Å². The van der Waals surface area contributed by atoms with E-state index in [1.807, 2.05) is 0 Å². The smallest absolute Gasteiger partial charge is 0.414 e. The van der Waals surface area contributed by atoms with Gasteiger partial charge in [0.25, 0.3) is 0 Å². The van der Waals surface area contributed by atoms with E-state index in [0.717, 1.165) is 72.9 Å². The molecule has 0 spiro atoms. The number of aromatic amines is 2. The van der Waals surface area contributed by atoms with Crippen LogP contribution < -0.4 is 10.6 Å². The van der Waals surface area contributed by atoms with Gasteiger partial charge >= 0.3 is 11.9 Å². The standard InChI is InChI=1S/2C23H31N5.C2H2O4/c2*1-15(2)28-20-9-4-3-8-18(20)22(27-28)23-25-14-19(26-23)21(16-6-5-7-16)17-10-12-24-13-11-17;3-1(4)2(5)6/h2*3-4,8-9,14-17,21,24H,5-7,10-13H2,1-2H3,(H,25,26);(H,3,4)(H,5,6). The van der Waals surface area contributed by atoms with Gasteiger partial charge in [0.1, 0.15) is 11.4 Å². The predicted molar refractivity (Wildman–Crippen MR) is 242 cm³/mol. The summed E-state index contributed by atoms with van der Waals surface area (Å²) in [5.74, 6) is 2.61. The number of para-hydroxylation sites is 2. The van der Waals surface area contributed by atoms with Gasteiger partial charge in [0, 0.05) is 58.5 Å². The first-order valence-corrected chi connectivity index (χ1v) is 23.0. The topological polar surface area (TPSA) is 192 Å². The Morgan fingerprint density at radius 2 is 0.919 bits per heavy atom. The monoisotopic (exact) mass is 845 g/mol. The lowest BCUT2D eigenvalue weighted by Crippen LogP contribution is -2.35. The van der Waals surface area contributed by atoms with E-state index >= 15 is 0 Å². The number of aromatic nitrogens is 8. The average molecular weight is 845 g/mol. The number of carbonyl (C=O) groups is 2. The van der Waals surface area contributed by atoms with Gasteiger partial charge in [0.15, 0.2) is 11.6 Å². The predicted octanol–water partition coefficient (Wildman–Crippen LogP) is 8.94. The Kier molecular flexibility index (Phi) is 13.5. The highest BCUT2D eigenvalue weighted by atomic mass is 16.4. The van der Waals surface area contributed by atoms with Crippen LogP contribution in [0.4, 0.5) is 0 Å². The van der Waals surface area contributed by atoms with Crippen molar-refractivity contribution in [2.24, 2.45) is 23.7 Å². The van der Waals surface area contributed by atoms with E-state index < -0.39 is 11.9 Å². The summed E-state index contributed by atoms with van der Waals surface area (Å²) >= 11 is 0. The SMILES string of the molecule is CC(C)n1nc(-c2ncc(C(C3CCC3)C3CCNCC3)[nH]2)c2ccccc21.CC(C)n1nc(-c2ncc(C(C3CCC3)C3CCNCC3)[nH]2)c2ccccc21.O=C(O)C(=O)O. The summed E-state index contributed by atoms with van der Waals surface area (Å²) in [5.41, 5.74) is 6.98. The third-order valence-corrected chi connectivity index (χ3v) is 13.8. The van der Waals surface area contributed by atoms with Crippen molar-refractivity contribution in [2.75, 3.05) is 26.2 Å². The lowest BCUT2D eigenvalue weighted by molar-refractivity contribution is -0.159. The highest BCUT2D eigenvalue weighted by Gasteiger charge is 2.38. The number of nitrogens with zero attached hydrogens (tertiary/aromatic N) is 6. The zero-order valence-corrected chi connectivity index (χ0v) is 36.7. The molecular weight excluding hydrogens is 781 g/mol. The number of carboxylic acid groups (broad SMARTS) is 2. The molecule has 6 N–H and O–H groups in total. The number of imidazole rings is 2. The minimum atomic E-state index is -1.82. The van der Waals surface area contributed by atoms with Gasteiger partial charge < -0.3 is 30.8 Å². The third kappa shape index (κ3) is 9.22. The minimum Gasteiger partial charge on any atom is -0.473 e. The number of carboxylic acids is 2. The van der Waals surface area contributed by atoms with Crippen LogP contribution >= 0.6 is 0 Å². The number of hydrogen-bond donors (Lipinski definition) is 6. The summed E-state index contributed by atoms with van der Waals surface area (Å²) in [5, 5.41) is 34.1. The van der Waals surface area contributed by atoms with Gasteiger partial charge in [-0.2, -0.15) is 10.2 Å². The van der Waals surface area contributed by atoms with Crippen molar-refractivity contribution in [3.8, 4) is 23.0 Å². The maximum atomic E-state index is 9.10. The van der Waals surface area contributed by atoms with Gasteiger partial charge in [-0.3, -0.25) is 9.36 Å². The molecule has 2 unspecified atom stereocenters. The molecule has 2 atom stereocenters. The van der Waals surface area contributed by atoms with Crippen molar-refractivity contribution in [3.05, 3.63) is 72.3 Å². The number of fused-ring (bicyclic) bond motifs is 2. The molecule has 10 rings (SSSR count). The Bertz CT molecular complexity index is 2250. The fourth-order valence-electron chi connectivity index (χ4n) is 10.4. The van der Waals surface area contributed by atoms with Gasteiger partial charge in [0.05, 0.1) is 11.0 Å². The molecule has 6 aromatic rings. The van der Waals surface area contributed by atoms with Crippen molar-refractivity contribution < 1.29 is 19.8 Å². The van der Waals surface area contributed by atoms with E-state index in [2.05, 4.69) is 119 Å². The van der Waals surface area contributed by atoms with E-state index in [9.17, 15) is 0 Å². The normalized spacial score (nSPS) is 18.7. The van der Waals surface area contributed by atoms with Crippen molar-refractivity contribution in [2.45, 2.75) is 116 Å². The van der Waals surface area contributed by atoms with E-state index in [1.54, 1.807) is 0 Å². The maximum absolute atomic E-state index is 9.10. The molecule has 14 nitrogen and oxygen atoms in total. The molecule has 6 heterocycles. The number of benzene rings is 2. The molecule has 2 saturated heterocycles. The molecule has 0 amide bonds. The van der Waals surface area contributed by atoms with Crippen LogP contribution in [-0.2, 0) is 9.59 Å². The van der Waals surface area contributed by atoms with E-state index in [1.165, 1.54) is 97.4 Å². The van der Waals surface area contributed by atoms with Crippen molar-refractivity contribution in [3.63, 3.8) is 0 Å². The molecule has 2 aromatic carbocycles. The largest absolute Gasteiger partial charge is 0.473 e. The van der Waals surface area contributed by atoms with E-state index in [-0.39, 0.29) is 0 Å². The Morgan fingerprint density at radius 3 is 1.24 bits per heavy atom. The lowest BCUT2D eigenvalue weighted by atomic mass is 9.67. The van der Waals surface area contributed by atoms with Gasteiger partial charge in [-0.05, 0) is 141 Å². The first-order valence-electron chi connectivity index (χ1n) is 23.0. The maximum Gasteiger partial charge on any atom is 0.414 e. The number of piperidine rings is 2.